The molecule has 15 heavy (non-hydrogen) atoms. The van der Waals surface area contributed by atoms with Crippen molar-refractivity contribution >= 4 is 0 Å². The third-order valence-corrected chi connectivity index (χ3v) is 3.54. The summed E-state index contributed by atoms with van der Waals surface area (Å²) in [6.45, 7) is 3.25. The second-order valence-electron chi connectivity index (χ2n) is 4.71. The van der Waals surface area contributed by atoms with Gasteiger partial charge in [-0.2, -0.15) is 5.26 Å². The van der Waals surface area contributed by atoms with Crippen LogP contribution in [0.5, 0.6) is 0 Å². The largest absolute Gasteiger partial charge is 0.313 e. The van der Waals surface area contributed by atoms with Crippen LogP contribution in [0.1, 0.15) is 58.3 Å². The highest BCUT2D eigenvalue weighted by Gasteiger charge is 2.13. The van der Waals surface area contributed by atoms with Gasteiger partial charge in [0.05, 0.1) is 12.5 Å². The molecule has 1 aliphatic carbocycles. The smallest absolute Gasteiger partial charge is 0.0638 e. The Morgan fingerprint density at radius 3 is 2.67 bits per heavy atom. The van der Waals surface area contributed by atoms with Gasteiger partial charge in [0.1, 0.15) is 0 Å². The minimum Gasteiger partial charge on any atom is -0.313 e. The van der Waals surface area contributed by atoms with E-state index in [4.69, 9.17) is 5.26 Å². The summed E-state index contributed by atoms with van der Waals surface area (Å²) >= 11 is 0. The van der Waals surface area contributed by atoms with Crippen LogP contribution in [-0.4, -0.2) is 12.6 Å². The zero-order valence-electron chi connectivity index (χ0n) is 9.97. The van der Waals surface area contributed by atoms with Gasteiger partial charge in [0.2, 0.25) is 0 Å². The highest BCUT2D eigenvalue weighted by atomic mass is 14.9. The van der Waals surface area contributed by atoms with Crippen LogP contribution < -0.4 is 5.32 Å². The van der Waals surface area contributed by atoms with E-state index in [1.54, 1.807) is 0 Å². The molecular formula is C13H24N2. The number of nitriles is 1. The summed E-state index contributed by atoms with van der Waals surface area (Å²) in [5.74, 6) is 0.950. The van der Waals surface area contributed by atoms with Gasteiger partial charge in [-0.25, -0.2) is 0 Å². The van der Waals surface area contributed by atoms with Crippen molar-refractivity contribution in [1.82, 2.24) is 5.32 Å². The molecule has 86 valence electrons. The van der Waals surface area contributed by atoms with Crippen LogP contribution in [0.25, 0.3) is 0 Å². The van der Waals surface area contributed by atoms with Gasteiger partial charge in [-0.05, 0) is 25.3 Å². The normalized spacial score (nSPS) is 19.7. The number of hydrogen-bond donors (Lipinski definition) is 1. The molecule has 1 rings (SSSR count). The van der Waals surface area contributed by atoms with Gasteiger partial charge in [0, 0.05) is 6.04 Å². The summed E-state index contributed by atoms with van der Waals surface area (Å²) in [5.41, 5.74) is 0. The van der Waals surface area contributed by atoms with E-state index in [1.165, 1.54) is 38.5 Å². The monoisotopic (exact) mass is 208 g/mol. The van der Waals surface area contributed by atoms with Crippen molar-refractivity contribution in [2.45, 2.75) is 64.3 Å². The van der Waals surface area contributed by atoms with Crippen LogP contribution >= 0.6 is 0 Å². The molecule has 0 bridgehead atoms. The fraction of sp³-hybridized carbons (Fsp3) is 0.923. The van der Waals surface area contributed by atoms with Gasteiger partial charge < -0.3 is 5.32 Å². The Morgan fingerprint density at radius 2 is 2.07 bits per heavy atom. The summed E-state index contributed by atoms with van der Waals surface area (Å²) < 4.78 is 0. The molecule has 1 unspecified atom stereocenters. The fourth-order valence-electron chi connectivity index (χ4n) is 2.44. The van der Waals surface area contributed by atoms with Gasteiger partial charge in [-0.3, -0.25) is 0 Å². The maximum atomic E-state index is 8.63. The zero-order valence-corrected chi connectivity index (χ0v) is 9.97. The van der Waals surface area contributed by atoms with E-state index in [-0.39, 0.29) is 0 Å². The predicted molar refractivity (Wildman–Crippen MR) is 63.5 cm³/mol. The third-order valence-electron chi connectivity index (χ3n) is 3.54. The molecule has 0 aliphatic heterocycles. The molecule has 0 amide bonds. The van der Waals surface area contributed by atoms with Crippen molar-refractivity contribution in [3.63, 3.8) is 0 Å². The Morgan fingerprint density at radius 1 is 1.33 bits per heavy atom. The molecule has 0 aromatic carbocycles. The van der Waals surface area contributed by atoms with Crippen molar-refractivity contribution < 1.29 is 0 Å². The topological polar surface area (TPSA) is 35.8 Å². The summed E-state index contributed by atoms with van der Waals surface area (Å²) in [4.78, 5) is 0. The van der Waals surface area contributed by atoms with Crippen molar-refractivity contribution in [2.24, 2.45) is 5.92 Å². The molecule has 2 nitrogen and oxygen atoms in total. The van der Waals surface area contributed by atoms with E-state index in [9.17, 15) is 0 Å². The van der Waals surface area contributed by atoms with Crippen molar-refractivity contribution in [1.29, 1.82) is 5.26 Å². The summed E-state index contributed by atoms with van der Waals surface area (Å²) in [7, 11) is 0. The lowest BCUT2D eigenvalue weighted by Crippen LogP contribution is -2.30. The summed E-state index contributed by atoms with van der Waals surface area (Å²) in [6.07, 6.45) is 10.2. The highest BCUT2D eigenvalue weighted by Crippen LogP contribution is 2.25. The van der Waals surface area contributed by atoms with Crippen molar-refractivity contribution in [2.75, 3.05) is 6.54 Å². The quantitative estimate of drug-likeness (QED) is 0.727. The average molecular weight is 208 g/mol. The lowest BCUT2D eigenvalue weighted by atomic mass is 9.87. The van der Waals surface area contributed by atoms with Crippen molar-refractivity contribution in [3.8, 4) is 6.07 Å². The van der Waals surface area contributed by atoms with Crippen LogP contribution in [0.15, 0.2) is 0 Å². The molecule has 1 N–H and O–H groups in total. The van der Waals surface area contributed by atoms with E-state index < -0.39 is 0 Å². The molecule has 1 aliphatic rings. The Hall–Kier alpha value is -0.550. The van der Waals surface area contributed by atoms with Crippen molar-refractivity contribution in [3.05, 3.63) is 0 Å². The van der Waals surface area contributed by atoms with Gasteiger partial charge in [-0.15, -0.1) is 0 Å². The van der Waals surface area contributed by atoms with E-state index in [2.05, 4.69) is 18.3 Å². The van der Waals surface area contributed by atoms with E-state index in [1.807, 2.05) is 0 Å². The molecule has 1 fully saturated rings. The van der Waals surface area contributed by atoms with E-state index in [0.29, 0.717) is 12.5 Å². The number of nitrogens with one attached hydrogen (secondary N) is 1. The molecule has 1 saturated carbocycles. The number of hydrogen-bond acceptors (Lipinski definition) is 2. The second kappa shape index (κ2) is 7.70. The van der Waals surface area contributed by atoms with Gasteiger partial charge in [0.25, 0.3) is 0 Å². The molecular weight excluding hydrogens is 184 g/mol. The van der Waals surface area contributed by atoms with E-state index in [0.717, 1.165) is 18.9 Å². The Kier molecular flexibility index (Phi) is 6.43. The fourth-order valence-corrected chi connectivity index (χ4v) is 2.44. The average Bonchev–Trinajstić information content (AvgIpc) is 2.29. The SMILES string of the molecule is CCC(CC#N)NCCC1CCCCC1. The number of nitrogens with zero attached hydrogens (tertiary/aromatic N) is 1. The van der Waals surface area contributed by atoms with Crippen LogP contribution in [0.3, 0.4) is 0 Å². The Balaban J connectivity index is 2.06. The Labute approximate surface area is 94.1 Å². The zero-order chi connectivity index (χ0) is 10.9. The van der Waals surface area contributed by atoms with Gasteiger partial charge in [-0.1, -0.05) is 39.0 Å². The first-order valence-corrected chi connectivity index (χ1v) is 6.47. The molecule has 0 radical (unpaired) electrons. The first-order valence-electron chi connectivity index (χ1n) is 6.47. The molecule has 0 aromatic rings. The van der Waals surface area contributed by atoms with E-state index >= 15 is 0 Å². The first kappa shape index (κ1) is 12.5. The van der Waals surface area contributed by atoms with Gasteiger partial charge >= 0.3 is 0 Å². The minimum atomic E-state index is 0.415. The van der Waals surface area contributed by atoms with Crippen LogP contribution in [0.4, 0.5) is 0 Å². The molecule has 0 heterocycles. The van der Waals surface area contributed by atoms with Crippen LogP contribution in [0, 0.1) is 17.2 Å². The molecule has 1 atom stereocenters. The molecule has 0 spiro atoms. The summed E-state index contributed by atoms with van der Waals surface area (Å²) in [5, 5.41) is 12.1. The molecule has 0 aromatic heterocycles. The lowest BCUT2D eigenvalue weighted by Gasteiger charge is -2.22. The predicted octanol–water partition coefficient (Wildman–Crippen LogP) is 3.24. The molecule has 0 saturated heterocycles. The van der Waals surface area contributed by atoms with Crippen LogP contribution in [0.2, 0.25) is 0 Å². The summed E-state index contributed by atoms with van der Waals surface area (Å²) in [6, 6.07) is 2.66. The maximum absolute atomic E-state index is 8.63. The third kappa shape index (κ3) is 5.18. The van der Waals surface area contributed by atoms with Gasteiger partial charge in [0.15, 0.2) is 0 Å². The standard InChI is InChI=1S/C13H24N2/c1-2-13(8-10-14)15-11-9-12-6-4-3-5-7-12/h12-13,15H,2-9,11H2,1H3. The minimum absolute atomic E-state index is 0.415. The second-order valence-corrected chi connectivity index (χ2v) is 4.71. The number of rotatable bonds is 6. The maximum Gasteiger partial charge on any atom is 0.0638 e. The first-order chi connectivity index (χ1) is 7.36. The lowest BCUT2D eigenvalue weighted by molar-refractivity contribution is 0.326. The molecule has 2 heteroatoms. The van der Waals surface area contributed by atoms with Crippen LogP contribution in [-0.2, 0) is 0 Å². The Bertz CT molecular complexity index is 189. The highest BCUT2D eigenvalue weighted by molar-refractivity contribution is 4.80.